The Bertz CT molecular complexity index is 296. The maximum absolute atomic E-state index is 5.23. The lowest BCUT2D eigenvalue weighted by Crippen LogP contribution is -2.37. The molecule has 0 fully saturated rings. The van der Waals surface area contributed by atoms with Gasteiger partial charge in [-0.1, -0.05) is 20.8 Å². The van der Waals surface area contributed by atoms with Gasteiger partial charge in [0.2, 0.25) is 0 Å². The van der Waals surface area contributed by atoms with Crippen molar-refractivity contribution in [3.63, 3.8) is 0 Å². The van der Waals surface area contributed by atoms with Gasteiger partial charge in [-0.25, -0.2) is 0 Å². The SMILES string of the molecule is CCc1ccsc1CNC(COC)C(C)C. The number of nitrogens with one attached hydrogen (secondary N) is 1. The smallest absolute Gasteiger partial charge is 0.0618 e. The lowest BCUT2D eigenvalue weighted by molar-refractivity contribution is 0.146. The number of thiophene rings is 1. The van der Waals surface area contributed by atoms with Gasteiger partial charge in [-0.3, -0.25) is 0 Å². The van der Waals surface area contributed by atoms with Crippen molar-refractivity contribution < 1.29 is 4.74 Å². The van der Waals surface area contributed by atoms with Crippen molar-refractivity contribution >= 4 is 11.3 Å². The predicted molar refractivity (Wildman–Crippen MR) is 71.0 cm³/mol. The van der Waals surface area contributed by atoms with Gasteiger partial charge in [0.05, 0.1) is 6.61 Å². The zero-order valence-electron chi connectivity index (χ0n) is 10.7. The third kappa shape index (κ3) is 3.89. The zero-order valence-corrected chi connectivity index (χ0v) is 11.6. The Balaban J connectivity index is 2.48. The predicted octanol–water partition coefficient (Wildman–Crippen LogP) is 3.07. The van der Waals surface area contributed by atoms with E-state index < -0.39 is 0 Å². The van der Waals surface area contributed by atoms with Gasteiger partial charge in [0.25, 0.3) is 0 Å². The Hall–Kier alpha value is -0.380. The van der Waals surface area contributed by atoms with Crippen molar-refractivity contribution in [2.24, 2.45) is 5.92 Å². The quantitative estimate of drug-likeness (QED) is 0.792. The minimum atomic E-state index is 0.441. The molecular formula is C13H23NOS. The molecule has 1 heterocycles. The first-order valence-corrected chi connectivity index (χ1v) is 6.84. The topological polar surface area (TPSA) is 21.3 Å². The summed E-state index contributed by atoms with van der Waals surface area (Å²) in [7, 11) is 1.76. The van der Waals surface area contributed by atoms with E-state index in [4.69, 9.17) is 4.74 Å². The van der Waals surface area contributed by atoms with E-state index in [1.165, 1.54) is 10.4 Å². The van der Waals surface area contributed by atoms with E-state index in [1.807, 2.05) is 11.3 Å². The average Bonchev–Trinajstić information content (AvgIpc) is 2.71. The standard InChI is InChI=1S/C13H23NOS/c1-5-11-6-7-16-13(11)8-14-12(9-15-4)10(2)3/h6-7,10,12,14H,5,8-9H2,1-4H3. The Morgan fingerprint density at radius 3 is 2.75 bits per heavy atom. The van der Waals surface area contributed by atoms with Crippen LogP contribution in [0.3, 0.4) is 0 Å². The lowest BCUT2D eigenvalue weighted by Gasteiger charge is -2.21. The molecule has 0 saturated heterocycles. The van der Waals surface area contributed by atoms with Crippen LogP contribution in [0.1, 0.15) is 31.2 Å². The molecule has 16 heavy (non-hydrogen) atoms. The van der Waals surface area contributed by atoms with Gasteiger partial charge < -0.3 is 10.1 Å². The van der Waals surface area contributed by atoms with E-state index in [9.17, 15) is 0 Å². The molecule has 0 bridgehead atoms. The van der Waals surface area contributed by atoms with Gasteiger partial charge in [-0.15, -0.1) is 11.3 Å². The number of rotatable bonds is 7. The van der Waals surface area contributed by atoms with Crippen LogP contribution in [0.2, 0.25) is 0 Å². The summed E-state index contributed by atoms with van der Waals surface area (Å²) in [6, 6.07) is 2.67. The second-order valence-corrected chi connectivity index (χ2v) is 5.41. The summed E-state index contributed by atoms with van der Waals surface area (Å²) < 4.78 is 5.23. The molecule has 1 atom stereocenters. The van der Waals surface area contributed by atoms with Crippen LogP contribution in [0.25, 0.3) is 0 Å². The van der Waals surface area contributed by atoms with Gasteiger partial charge in [0.15, 0.2) is 0 Å². The van der Waals surface area contributed by atoms with Crippen LogP contribution in [0, 0.1) is 5.92 Å². The van der Waals surface area contributed by atoms with Crippen LogP contribution < -0.4 is 5.32 Å². The average molecular weight is 241 g/mol. The summed E-state index contributed by atoms with van der Waals surface area (Å²) in [4.78, 5) is 1.46. The Labute approximate surface area is 103 Å². The van der Waals surface area contributed by atoms with E-state index in [2.05, 4.69) is 37.5 Å². The van der Waals surface area contributed by atoms with Gasteiger partial charge in [-0.05, 0) is 29.3 Å². The molecule has 0 spiro atoms. The molecule has 0 saturated carbocycles. The minimum absolute atomic E-state index is 0.441. The molecule has 0 aliphatic rings. The van der Waals surface area contributed by atoms with Crippen LogP contribution >= 0.6 is 11.3 Å². The second kappa shape index (κ2) is 7.05. The lowest BCUT2D eigenvalue weighted by atomic mass is 10.1. The van der Waals surface area contributed by atoms with E-state index in [1.54, 1.807) is 7.11 Å². The first kappa shape index (κ1) is 13.7. The summed E-state index contributed by atoms with van der Waals surface area (Å²) in [6.45, 7) is 8.41. The van der Waals surface area contributed by atoms with E-state index >= 15 is 0 Å². The summed E-state index contributed by atoms with van der Waals surface area (Å²) in [5.41, 5.74) is 1.47. The number of hydrogen-bond acceptors (Lipinski definition) is 3. The number of aryl methyl sites for hydroxylation is 1. The van der Waals surface area contributed by atoms with Crippen molar-refractivity contribution in [2.45, 2.75) is 39.8 Å². The molecule has 0 aromatic carbocycles. The highest BCUT2D eigenvalue weighted by atomic mass is 32.1. The Morgan fingerprint density at radius 2 is 2.19 bits per heavy atom. The van der Waals surface area contributed by atoms with E-state index in [-0.39, 0.29) is 0 Å². The Morgan fingerprint density at radius 1 is 1.44 bits per heavy atom. The molecule has 0 aliphatic carbocycles. The van der Waals surface area contributed by atoms with Crippen molar-refractivity contribution in [3.05, 3.63) is 21.9 Å². The van der Waals surface area contributed by atoms with Gasteiger partial charge in [0.1, 0.15) is 0 Å². The normalized spacial score (nSPS) is 13.3. The molecule has 0 radical (unpaired) electrons. The maximum Gasteiger partial charge on any atom is 0.0618 e. The van der Waals surface area contributed by atoms with Gasteiger partial charge in [-0.2, -0.15) is 0 Å². The monoisotopic (exact) mass is 241 g/mol. The second-order valence-electron chi connectivity index (χ2n) is 4.41. The van der Waals surface area contributed by atoms with E-state index in [0.717, 1.165) is 19.6 Å². The van der Waals surface area contributed by atoms with Gasteiger partial charge >= 0.3 is 0 Å². The summed E-state index contributed by atoms with van der Waals surface area (Å²) in [5.74, 6) is 0.602. The molecule has 0 amide bonds. The summed E-state index contributed by atoms with van der Waals surface area (Å²) in [5, 5.41) is 5.76. The summed E-state index contributed by atoms with van der Waals surface area (Å²) >= 11 is 1.84. The highest BCUT2D eigenvalue weighted by Crippen LogP contribution is 2.17. The molecule has 3 heteroatoms. The number of hydrogen-bond donors (Lipinski definition) is 1. The van der Waals surface area contributed by atoms with Crippen LogP contribution in [-0.2, 0) is 17.7 Å². The fourth-order valence-corrected chi connectivity index (χ4v) is 2.65. The van der Waals surface area contributed by atoms with Crippen LogP contribution in [0.4, 0.5) is 0 Å². The highest BCUT2D eigenvalue weighted by Gasteiger charge is 2.13. The third-order valence-corrected chi connectivity index (χ3v) is 3.86. The Kier molecular flexibility index (Phi) is 6.03. The summed E-state index contributed by atoms with van der Waals surface area (Å²) in [6.07, 6.45) is 1.12. The molecule has 1 rings (SSSR count). The van der Waals surface area contributed by atoms with Crippen LogP contribution in [-0.4, -0.2) is 19.8 Å². The first-order chi connectivity index (χ1) is 7.69. The fraction of sp³-hybridized carbons (Fsp3) is 0.692. The van der Waals surface area contributed by atoms with Gasteiger partial charge in [0, 0.05) is 24.6 Å². The molecule has 1 unspecified atom stereocenters. The largest absolute Gasteiger partial charge is 0.383 e. The van der Waals surface area contributed by atoms with Crippen molar-refractivity contribution in [3.8, 4) is 0 Å². The molecule has 0 aliphatic heterocycles. The molecule has 1 N–H and O–H groups in total. The van der Waals surface area contributed by atoms with Crippen LogP contribution in [0.5, 0.6) is 0 Å². The molecule has 1 aromatic rings. The molecule has 2 nitrogen and oxygen atoms in total. The minimum Gasteiger partial charge on any atom is -0.383 e. The molecule has 92 valence electrons. The number of methoxy groups -OCH3 is 1. The molecule has 1 aromatic heterocycles. The van der Waals surface area contributed by atoms with Crippen molar-refractivity contribution in [1.82, 2.24) is 5.32 Å². The third-order valence-electron chi connectivity index (χ3n) is 2.89. The fourth-order valence-electron chi connectivity index (χ4n) is 1.73. The zero-order chi connectivity index (χ0) is 12.0. The first-order valence-electron chi connectivity index (χ1n) is 5.96. The van der Waals surface area contributed by atoms with Crippen LogP contribution in [0.15, 0.2) is 11.4 Å². The van der Waals surface area contributed by atoms with E-state index in [0.29, 0.717) is 12.0 Å². The highest BCUT2D eigenvalue weighted by molar-refractivity contribution is 7.10. The van der Waals surface area contributed by atoms with Crippen molar-refractivity contribution in [1.29, 1.82) is 0 Å². The maximum atomic E-state index is 5.23. The number of ether oxygens (including phenoxy) is 1. The van der Waals surface area contributed by atoms with Crippen molar-refractivity contribution in [2.75, 3.05) is 13.7 Å². The molecular weight excluding hydrogens is 218 g/mol.